The van der Waals surface area contributed by atoms with Gasteiger partial charge in [0.15, 0.2) is 0 Å². The maximum Gasteiger partial charge on any atom is 0.319 e. The first-order valence-electron chi connectivity index (χ1n) is 5.64. The molecule has 5 N–H and O–H groups in total. The summed E-state index contributed by atoms with van der Waals surface area (Å²) >= 11 is 0. The number of amides is 2. The Morgan fingerprint density at radius 3 is 2.83 bits per heavy atom. The molecule has 6 heteroatoms. The van der Waals surface area contributed by atoms with Crippen LogP contribution in [0.1, 0.15) is 12.8 Å². The third-order valence-corrected chi connectivity index (χ3v) is 2.26. The number of anilines is 1. The number of methoxy groups -OCH3 is 1. The Kier molecular flexibility index (Phi) is 5.50. The molecule has 0 saturated carbocycles. The highest BCUT2D eigenvalue weighted by Gasteiger charge is 2.05. The van der Waals surface area contributed by atoms with Gasteiger partial charge in [-0.25, -0.2) is 4.79 Å². The van der Waals surface area contributed by atoms with Crippen molar-refractivity contribution in [2.24, 2.45) is 5.73 Å². The molecular weight excluding hydrogens is 232 g/mol. The zero-order valence-electron chi connectivity index (χ0n) is 10.3. The highest BCUT2D eigenvalue weighted by molar-refractivity contribution is 5.90. The van der Waals surface area contributed by atoms with E-state index in [1.165, 1.54) is 0 Å². The monoisotopic (exact) mass is 250 g/mol. The molecule has 6 nitrogen and oxygen atoms in total. The Bertz CT molecular complexity index is 420. The van der Waals surface area contributed by atoms with E-state index in [0.717, 1.165) is 0 Å². The second kappa shape index (κ2) is 7.16. The molecular formula is C12H18N4O2. The van der Waals surface area contributed by atoms with Crippen molar-refractivity contribution in [2.45, 2.75) is 12.8 Å². The van der Waals surface area contributed by atoms with Crippen molar-refractivity contribution in [3.63, 3.8) is 0 Å². The minimum atomic E-state index is -0.303. The molecule has 0 radical (unpaired) electrons. The minimum Gasteiger partial charge on any atom is -0.495 e. The lowest BCUT2D eigenvalue weighted by Crippen LogP contribution is -2.30. The number of nitrogens with two attached hydrogens (primary N) is 1. The average molecular weight is 250 g/mol. The molecule has 0 bridgehead atoms. The van der Waals surface area contributed by atoms with Gasteiger partial charge in [-0.15, -0.1) is 0 Å². The van der Waals surface area contributed by atoms with Crippen LogP contribution in [-0.2, 0) is 0 Å². The molecule has 2 amide bonds. The second-order valence-corrected chi connectivity index (χ2v) is 3.71. The number of ether oxygens (including phenoxy) is 1. The molecule has 1 rings (SSSR count). The number of hydrogen-bond donors (Lipinski definition) is 4. The zero-order chi connectivity index (χ0) is 13.4. The van der Waals surface area contributed by atoms with E-state index in [2.05, 4.69) is 10.6 Å². The lowest BCUT2D eigenvalue weighted by atomic mass is 10.3. The summed E-state index contributed by atoms with van der Waals surface area (Å²) in [6.07, 6.45) is 1.13. The summed E-state index contributed by atoms with van der Waals surface area (Å²) in [6.45, 7) is 0.473. The van der Waals surface area contributed by atoms with E-state index in [1.54, 1.807) is 19.2 Å². The fourth-order valence-electron chi connectivity index (χ4n) is 1.40. The maximum absolute atomic E-state index is 11.6. The van der Waals surface area contributed by atoms with Crippen LogP contribution in [0.3, 0.4) is 0 Å². The lowest BCUT2D eigenvalue weighted by Gasteiger charge is -2.10. The van der Waals surface area contributed by atoms with Crippen molar-refractivity contribution < 1.29 is 9.53 Å². The molecule has 0 saturated heterocycles. The first-order valence-corrected chi connectivity index (χ1v) is 5.64. The molecule has 0 aromatic heterocycles. The molecule has 0 aliphatic carbocycles. The van der Waals surface area contributed by atoms with E-state index in [1.807, 2.05) is 12.1 Å². The van der Waals surface area contributed by atoms with Gasteiger partial charge in [-0.3, -0.25) is 5.41 Å². The van der Waals surface area contributed by atoms with Gasteiger partial charge >= 0.3 is 6.03 Å². The van der Waals surface area contributed by atoms with Crippen molar-refractivity contribution in [3.8, 4) is 5.75 Å². The molecule has 0 fully saturated rings. The summed E-state index contributed by atoms with van der Waals surface area (Å²) in [5, 5.41) is 12.4. The number of hydrogen-bond acceptors (Lipinski definition) is 3. The Hall–Kier alpha value is -2.24. The molecule has 0 aliphatic rings. The summed E-state index contributed by atoms with van der Waals surface area (Å²) in [4.78, 5) is 11.6. The molecule has 0 spiro atoms. The fraction of sp³-hybridized carbons (Fsp3) is 0.333. The maximum atomic E-state index is 11.6. The van der Waals surface area contributed by atoms with Crippen molar-refractivity contribution >= 4 is 17.6 Å². The van der Waals surface area contributed by atoms with Crippen molar-refractivity contribution in [2.75, 3.05) is 19.0 Å². The summed E-state index contributed by atoms with van der Waals surface area (Å²) in [6, 6.07) is 6.87. The van der Waals surface area contributed by atoms with Crippen LogP contribution in [0.25, 0.3) is 0 Å². The van der Waals surface area contributed by atoms with Crippen molar-refractivity contribution in [3.05, 3.63) is 24.3 Å². The zero-order valence-corrected chi connectivity index (χ0v) is 10.3. The quantitative estimate of drug-likeness (QED) is 0.350. The minimum absolute atomic E-state index is 0.127. The third kappa shape index (κ3) is 4.73. The van der Waals surface area contributed by atoms with Crippen LogP contribution in [0.2, 0.25) is 0 Å². The van der Waals surface area contributed by atoms with Crippen LogP contribution in [0.5, 0.6) is 5.75 Å². The molecule has 0 heterocycles. The highest BCUT2D eigenvalue weighted by Crippen LogP contribution is 2.22. The Labute approximate surface area is 106 Å². The average Bonchev–Trinajstić information content (AvgIpc) is 2.35. The van der Waals surface area contributed by atoms with E-state index in [-0.39, 0.29) is 11.9 Å². The predicted octanol–water partition coefficient (Wildman–Crippen LogP) is 1.53. The molecule has 0 unspecified atom stereocenters. The van der Waals surface area contributed by atoms with Crippen LogP contribution in [0, 0.1) is 5.41 Å². The van der Waals surface area contributed by atoms with Gasteiger partial charge in [0.05, 0.1) is 18.6 Å². The third-order valence-electron chi connectivity index (χ3n) is 2.26. The number of carbonyl (C=O) groups is 1. The standard InChI is InChI=1S/C12H18N4O2/c1-18-10-6-3-2-5-9(10)16-12(17)15-8-4-7-11(13)14/h2-3,5-6H,4,7-8H2,1H3,(H3,13,14)(H2,15,16,17). The van der Waals surface area contributed by atoms with Crippen molar-refractivity contribution in [1.29, 1.82) is 5.41 Å². The summed E-state index contributed by atoms with van der Waals surface area (Å²) in [5.41, 5.74) is 5.82. The number of para-hydroxylation sites is 2. The van der Waals surface area contributed by atoms with Gasteiger partial charge in [-0.05, 0) is 18.6 Å². The number of amidine groups is 1. The van der Waals surface area contributed by atoms with Gasteiger partial charge in [0.1, 0.15) is 5.75 Å². The predicted molar refractivity (Wildman–Crippen MR) is 71.2 cm³/mol. The van der Waals surface area contributed by atoms with E-state index in [0.29, 0.717) is 30.8 Å². The van der Waals surface area contributed by atoms with Crippen molar-refractivity contribution in [1.82, 2.24) is 5.32 Å². The second-order valence-electron chi connectivity index (χ2n) is 3.71. The van der Waals surface area contributed by atoms with E-state index < -0.39 is 0 Å². The van der Waals surface area contributed by atoms with Gasteiger partial charge in [-0.1, -0.05) is 12.1 Å². The van der Waals surface area contributed by atoms with Gasteiger partial charge < -0.3 is 21.1 Å². The van der Waals surface area contributed by atoms with Gasteiger partial charge in [0.2, 0.25) is 0 Å². The van der Waals surface area contributed by atoms with E-state index in [9.17, 15) is 4.79 Å². The van der Waals surface area contributed by atoms with Gasteiger partial charge in [0.25, 0.3) is 0 Å². The van der Waals surface area contributed by atoms with Gasteiger partial charge in [0, 0.05) is 13.0 Å². The normalized spacial score (nSPS) is 9.61. The Balaban J connectivity index is 2.37. The van der Waals surface area contributed by atoms with Crippen LogP contribution in [0.15, 0.2) is 24.3 Å². The summed E-state index contributed by atoms with van der Waals surface area (Å²) in [7, 11) is 1.55. The topological polar surface area (TPSA) is 100 Å². The van der Waals surface area contributed by atoms with Crippen LogP contribution < -0.4 is 21.1 Å². The summed E-state index contributed by atoms with van der Waals surface area (Å²) in [5.74, 6) is 0.735. The molecule has 98 valence electrons. The van der Waals surface area contributed by atoms with E-state index in [4.69, 9.17) is 15.9 Å². The molecule has 1 aromatic carbocycles. The first-order chi connectivity index (χ1) is 8.63. The van der Waals surface area contributed by atoms with Gasteiger partial charge in [-0.2, -0.15) is 0 Å². The largest absolute Gasteiger partial charge is 0.495 e. The van der Waals surface area contributed by atoms with Crippen LogP contribution in [0.4, 0.5) is 10.5 Å². The number of benzene rings is 1. The molecule has 0 atom stereocenters. The van der Waals surface area contributed by atoms with Crippen LogP contribution >= 0.6 is 0 Å². The lowest BCUT2D eigenvalue weighted by molar-refractivity contribution is 0.252. The highest BCUT2D eigenvalue weighted by atomic mass is 16.5. The number of rotatable bonds is 6. The SMILES string of the molecule is COc1ccccc1NC(=O)NCCCC(=N)N. The fourth-order valence-corrected chi connectivity index (χ4v) is 1.40. The smallest absolute Gasteiger partial charge is 0.319 e. The first kappa shape index (κ1) is 13.8. The summed E-state index contributed by atoms with van der Waals surface area (Å²) < 4.78 is 5.12. The van der Waals surface area contributed by atoms with Crippen LogP contribution in [-0.4, -0.2) is 25.5 Å². The molecule has 0 aliphatic heterocycles. The Morgan fingerprint density at radius 2 is 2.17 bits per heavy atom. The number of urea groups is 1. The number of nitrogens with one attached hydrogen (secondary N) is 3. The molecule has 18 heavy (non-hydrogen) atoms. The number of carbonyl (C=O) groups excluding carboxylic acids is 1. The van der Waals surface area contributed by atoms with E-state index >= 15 is 0 Å². The molecule has 1 aromatic rings. The Morgan fingerprint density at radius 1 is 1.44 bits per heavy atom.